The minimum atomic E-state index is -3.82. The summed E-state index contributed by atoms with van der Waals surface area (Å²) in [4.78, 5) is -0.332. The molecule has 1 aromatic carbocycles. The summed E-state index contributed by atoms with van der Waals surface area (Å²) < 4.78 is 40.1. The Hall–Kier alpha value is -1.14. The van der Waals surface area contributed by atoms with E-state index in [0.717, 1.165) is 25.7 Å². The Balaban J connectivity index is 2.27. The van der Waals surface area contributed by atoms with Crippen LogP contribution in [-0.2, 0) is 10.0 Å². The van der Waals surface area contributed by atoms with Crippen LogP contribution in [0.5, 0.6) is 0 Å². The fourth-order valence-corrected chi connectivity index (χ4v) is 4.01. The molecule has 0 unspecified atom stereocenters. The van der Waals surface area contributed by atoms with Crippen molar-refractivity contribution in [2.75, 3.05) is 19.3 Å². The van der Waals surface area contributed by atoms with Gasteiger partial charge in [0.2, 0.25) is 10.0 Å². The average Bonchev–Trinajstić information content (AvgIpc) is 2.86. The molecule has 1 aromatic rings. The number of rotatable bonds is 4. The van der Waals surface area contributed by atoms with E-state index in [-0.39, 0.29) is 4.90 Å². The monoisotopic (exact) mass is 300 g/mol. The number of benzene rings is 1. The minimum Gasteiger partial charge on any atom is -0.398 e. The molecule has 112 valence electrons. The highest BCUT2D eigenvalue weighted by molar-refractivity contribution is 7.89. The normalized spacial score (nSPS) is 17.0. The van der Waals surface area contributed by atoms with Gasteiger partial charge in [-0.15, -0.1) is 0 Å². The molecular weight excluding hydrogens is 279 g/mol. The molecule has 0 saturated heterocycles. The standard InChI is InChI=1S/C14H21FN2O2S/c1-10-7-12(15)14(8-13(10)16)20(18,19)17(2)9-11-5-3-4-6-11/h7-8,11H,3-6,9,16H2,1-2H3. The topological polar surface area (TPSA) is 63.4 Å². The summed E-state index contributed by atoms with van der Waals surface area (Å²) in [6, 6.07) is 2.39. The molecule has 0 radical (unpaired) electrons. The number of hydrogen-bond acceptors (Lipinski definition) is 3. The number of nitrogens with two attached hydrogens (primary N) is 1. The first-order valence-electron chi connectivity index (χ1n) is 6.84. The Morgan fingerprint density at radius 1 is 1.35 bits per heavy atom. The lowest BCUT2D eigenvalue weighted by Gasteiger charge is -2.21. The average molecular weight is 300 g/mol. The van der Waals surface area contributed by atoms with Gasteiger partial charge in [-0.2, -0.15) is 0 Å². The second kappa shape index (κ2) is 5.69. The minimum absolute atomic E-state index is 0.291. The van der Waals surface area contributed by atoms with Crippen molar-refractivity contribution in [2.24, 2.45) is 5.92 Å². The lowest BCUT2D eigenvalue weighted by atomic mass is 10.1. The Morgan fingerprint density at radius 3 is 2.55 bits per heavy atom. The zero-order valence-electron chi connectivity index (χ0n) is 11.9. The molecule has 0 heterocycles. The van der Waals surface area contributed by atoms with Crippen LogP contribution in [0.4, 0.5) is 10.1 Å². The lowest BCUT2D eigenvalue weighted by molar-refractivity contribution is 0.385. The summed E-state index contributed by atoms with van der Waals surface area (Å²) in [6.07, 6.45) is 4.37. The van der Waals surface area contributed by atoms with Gasteiger partial charge in [0.15, 0.2) is 0 Å². The third kappa shape index (κ3) is 2.96. The van der Waals surface area contributed by atoms with Crippen LogP contribution in [0, 0.1) is 18.7 Å². The van der Waals surface area contributed by atoms with Crippen molar-refractivity contribution in [1.82, 2.24) is 4.31 Å². The quantitative estimate of drug-likeness (QED) is 0.869. The van der Waals surface area contributed by atoms with Gasteiger partial charge in [0.25, 0.3) is 0 Å². The second-order valence-electron chi connectivity index (χ2n) is 5.58. The SMILES string of the molecule is Cc1cc(F)c(S(=O)(=O)N(C)CC2CCCC2)cc1N. The summed E-state index contributed by atoms with van der Waals surface area (Å²) in [6.45, 7) is 2.09. The molecule has 1 aliphatic rings. The van der Waals surface area contributed by atoms with E-state index in [1.165, 1.54) is 23.5 Å². The van der Waals surface area contributed by atoms with Gasteiger partial charge in [0.05, 0.1) is 0 Å². The maximum Gasteiger partial charge on any atom is 0.245 e. The van der Waals surface area contributed by atoms with Crippen LogP contribution in [0.1, 0.15) is 31.2 Å². The number of sulfonamides is 1. The Bertz CT molecular complexity index is 595. The molecule has 0 atom stereocenters. The molecular formula is C14H21FN2O2S. The van der Waals surface area contributed by atoms with Crippen molar-refractivity contribution in [3.05, 3.63) is 23.5 Å². The summed E-state index contributed by atoms with van der Waals surface area (Å²) in [5.74, 6) is -0.365. The fraction of sp³-hybridized carbons (Fsp3) is 0.571. The van der Waals surface area contributed by atoms with E-state index in [0.29, 0.717) is 23.7 Å². The van der Waals surface area contributed by atoms with Crippen molar-refractivity contribution >= 4 is 15.7 Å². The Kier molecular flexibility index (Phi) is 4.34. The van der Waals surface area contributed by atoms with E-state index in [4.69, 9.17) is 5.73 Å². The van der Waals surface area contributed by atoms with E-state index in [9.17, 15) is 12.8 Å². The van der Waals surface area contributed by atoms with Crippen molar-refractivity contribution in [3.63, 3.8) is 0 Å². The highest BCUT2D eigenvalue weighted by Gasteiger charge is 2.28. The first-order valence-corrected chi connectivity index (χ1v) is 8.28. The molecule has 2 rings (SSSR count). The third-order valence-electron chi connectivity index (χ3n) is 4.00. The molecule has 1 saturated carbocycles. The first-order chi connectivity index (χ1) is 9.32. The molecule has 0 spiro atoms. The van der Waals surface area contributed by atoms with Crippen LogP contribution in [0.3, 0.4) is 0 Å². The van der Waals surface area contributed by atoms with E-state index in [1.807, 2.05) is 0 Å². The second-order valence-corrected chi connectivity index (χ2v) is 7.59. The molecule has 4 nitrogen and oxygen atoms in total. The zero-order chi connectivity index (χ0) is 14.9. The van der Waals surface area contributed by atoms with Crippen molar-refractivity contribution in [2.45, 2.75) is 37.5 Å². The Labute approximate surface area is 119 Å². The number of hydrogen-bond donors (Lipinski definition) is 1. The van der Waals surface area contributed by atoms with Crippen LogP contribution < -0.4 is 5.73 Å². The zero-order valence-corrected chi connectivity index (χ0v) is 12.7. The van der Waals surface area contributed by atoms with Crippen LogP contribution in [-0.4, -0.2) is 26.3 Å². The highest BCUT2D eigenvalue weighted by Crippen LogP contribution is 2.28. The van der Waals surface area contributed by atoms with Crippen molar-refractivity contribution in [1.29, 1.82) is 0 Å². The fourth-order valence-electron chi connectivity index (χ4n) is 2.69. The lowest BCUT2D eigenvalue weighted by Crippen LogP contribution is -2.32. The molecule has 0 amide bonds. The summed E-state index contributed by atoms with van der Waals surface area (Å²) in [7, 11) is -2.31. The Morgan fingerprint density at radius 2 is 1.95 bits per heavy atom. The largest absolute Gasteiger partial charge is 0.398 e. The van der Waals surface area contributed by atoms with Crippen molar-refractivity contribution < 1.29 is 12.8 Å². The predicted molar refractivity (Wildman–Crippen MR) is 77.3 cm³/mol. The number of nitrogens with zero attached hydrogens (tertiary/aromatic N) is 1. The highest BCUT2D eigenvalue weighted by atomic mass is 32.2. The maximum atomic E-state index is 13.9. The van der Waals surface area contributed by atoms with Crippen LogP contribution in [0.25, 0.3) is 0 Å². The van der Waals surface area contributed by atoms with Gasteiger partial charge in [-0.05, 0) is 43.4 Å². The number of aryl methyl sites for hydroxylation is 1. The molecule has 1 aliphatic carbocycles. The molecule has 6 heteroatoms. The number of halogens is 1. The summed E-state index contributed by atoms with van der Waals surface area (Å²) in [5, 5.41) is 0. The van der Waals surface area contributed by atoms with E-state index >= 15 is 0 Å². The summed E-state index contributed by atoms with van der Waals surface area (Å²) >= 11 is 0. The maximum absolute atomic E-state index is 13.9. The third-order valence-corrected chi connectivity index (χ3v) is 5.84. The van der Waals surface area contributed by atoms with Gasteiger partial charge in [-0.3, -0.25) is 0 Å². The van der Waals surface area contributed by atoms with Gasteiger partial charge in [-0.25, -0.2) is 17.1 Å². The predicted octanol–water partition coefficient (Wildman–Crippen LogP) is 2.53. The molecule has 0 bridgehead atoms. The number of anilines is 1. The summed E-state index contributed by atoms with van der Waals surface area (Å²) in [5.41, 5.74) is 6.53. The molecule has 0 aliphatic heterocycles. The van der Waals surface area contributed by atoms with Gasteiger partial charge in [0.1, 0.15) is 10.7 Å². The van der Waals surface area contributed by atoms with Crippen LogP contribution in [0.15, 0.2) is 17.0 Å². The van der Waals surface area contributed by atoms with E-state index in [1.54, 1.807) is 6.92 Å². The number of nitrogen functional groups attached to an aromatic ring is 1. The van der Waals surface area contributed by atoms with Crippen molar-refractivity contribution in [3.8, 4) is 0 Å². The van der Waals surface area contributed by atoms with Crippen LogP contribution >= 0.6 is 0 Å². The molecule has 0 aromatic heterocycles. The molecule has 20 heavy (non-hydrogen) atoms. The smallest absolute Gasteiger partial charge is 0.245 e. The molecule has 2 N–H and O–H groups in total. The van der Waals surface area contributed by atoms with Gasteiger partial charge in [-0.1, -0.05) is 12.8 Å². The van der Waals surface area contributed by atoms with Gasteiger partial charge < -0.3 is 5.73 Å². The van der Waals surface area contributed by atoms with Gasteiger partial charge >= 0.3 is 0 Å². The van der Waals surface area contributed by atoms with E-state index < -0.39 is 15.8 Å². The van der Waals surface area contributed by atoms with Gasteiger partial charge in [0, 0.05) is 19.3 Å². The first kappa shape index (κ1) is 15.3. The van der Waals surface area contributed by atoms with Crippen LogP contribution in [0.2, 0.25) is 0 Å². The molecule has 1 fully saturated rings. The van der Waals surface area contributed by atoms with E-state index in [2.05, 4.69) is 0 Å².